The van der Waals surface area contributed by atoms with Gasteiger partial charge in [0.1, 0.15) is 11.8 Å². The number of nitrogens with one attached hydrogen (secondary N) is 6. The van der Waals surface area contributed by atoms with E-state index in [1.54, 1.807) is 0 Å². The van der Waals surface area contributed by atoms with E-state index in [1.165, 1.54) is 25.3 Å². The normalized spacial score (nSPS) is 12.8. The van der Waals surface area contributed by atoms with E-state index in [4.69, 9.17) is 42.1 Å². The summed E-state index contributed by atoms with van der Waals surface area (Å²) >= 11 is 5.17. The average Bonchev–Trinajstić information content (AvgIpc) is 3.36. The minimum absolute atomic E-state index is 0.00706. The van der Waals surface area contributed by atoms with Crippen LogP contribution in [0, 0.1) is 0 Å². The first kappa shape index (κ1) is 39.9. The van der Waals surface area contributed by atoms with Gasteiger partial charge < -0.3 is 56.5 Å². The number of carboxylic acid groups (broad SMARTS) is 1. The fourth-order valence-electron chi connectivity index (χ4n) is 3.99. The lowest BCUT2D eigenvalue weighted by Crippen LogP contribution is -2.49. The van der Waals surface area contributed by atoms with Crippen molar-refractivity contribution in [3.63, 3.8) is 0 Å². The van der Waals surface area contributed by atoms with E-state index in [9.17, 15) is 33.6 Å². The molecule has 21 heteroatoms. The number of rotatable bonds is 21. The van der Waals surface area contributed by atoms with Crippen molar-refractivity contribution in [2.75, 3.05) is 63.8 Å². The number of benzene rings is 1. The van der Waals surface area contributed by atoms with E-state index in [-0.39, 0.29) is 94.0 Å². The highest BCUT2D eigenvalue weighted by Crippen LogP contribution is 2.28. The zero-order chi connectivity index (χ0) is 36.2. The predicted octanol–water partition coefficient (Wildman–Crippen LogP) is -0.848. The molecule has 0 aromatic heterocycles. The number of amides is 7. The van der Waals surface area contributed by atoms with E-state index >= 15 is 0 Å². The van der Waals surface area contributed by atoms with Gasteiger partial charge in [-0.25, -0.2) is 14.4 Å². The van der Waals surface area contributed by atoms with Crippen LogP contribution in [0.15, 0.2) is 18.2 Å². The quantitative estimate of drug-likeness (QED) is 0.0438. The zero-order valence-electron chi connectivity index (χ0n) is 26.7. The number of thiocarbonyl (C=S) groups is 1. The number of hydroxylamine groups is 2. The maximum atomic E-state index is 13.1. The van der Waals surface area contributed by atoms with Gasteiger partial charge in [-0.05, 0) is 37.2 Å². The predicted molar refractivity (Wildman–Crippen MR) is 174 cm³/mol. The third-order valence-electron chi connectivity index (χ3n) is 6.29. The van der Waals surface area contributed by atoms with Crippen molar-refractivity contribution >= 4 is 70.4 Å². The number of carbonyl (C=O) groups excluding carboxylic acids is 6. The minimum atomic E-state index is -1.28. The lowest BCUT2D eigenvalue weighted by atomic mass is 10.1. The standard InChI is InChI=1S/C28H40N8O12S/c1-45-20-15-17(33-28(43)44)4-5-18(20)35-25(41)19(3-2-9-30-26(29)42)34-21(37)16-32-27(49)31-10-12-47-14-13-46-11-8-24(40)48-36-22(38)6-7-23(36)39/h4-5,15,19,33H,2-3,6-14,16H2,1H3,(H,34,37)(H,35,41)(H,43,44)(H3,29,30,42)(H2,31,32,49). The lowest BCUT2D eigenvalue weighted by molar-refractivity contribution is -0.198. The number of imide groups is 1. The van der Waals surface area contributed by atoms with Crippen molar-refractivity contribution in [2.24, 2.45) is 5.73 Å². The van der Waals surface area contributed by atoms with Crippen LogP contribution >= 0.6 is 12.2 Å². The average molecular weight is 713 g/mol. The number of primary amides is 1. The van der Waals surface area contributed by atoms with E-state index in [0.717, 1.165) is 0 Å². The summed E-state index contributed by atoms with van der Waals surface area (Å²) in [5, 5.41) is 25.0. The second-order valence-corrected chi connectivity index (χ2v) is 10.4. The third-order valence-corrected chi connectivity index (χ3v) is 6.58. The van der Waals surface area contributed by atoms with Crippen molar-refractivity contribution in [3.8, 4) is 5.75 Å². The summed E-state index contributed by atoms with van der Waals surface area (Å²) in [6.07, 6.45) is -0.974. The molecule has 0 radical (unpaired) electrons. The number of hydrogen-bond acceptors (Lipinski definition) is 12. The number of ether oxygens (including phenoxy) is 3. The smallest absolute Gasteiger partial charge is 0.409 e. The fraction of sp³-hybridized carbons (Fsp3) is 0.500. The van der Waals surface area contributed by atoms with Crippen molar-refractivity contribution < 1.29 is 57.7 Å². The molecule has 1 aromatic carbocycles. The molecule has 0 aliphatic carbocycles. The highest BCUT2D eigenvalue weighted by Gasteiger charge is 2.32. The van der Waals surface area contributed by atoms with Crippen molar-refractivity contribution in [2.45, 2.75) is 38.1 Å². The maximum absolute atomic E-state index is 13.1. The van der Waals surface area contributed by atoms with Gasteiger partial charge >= 0.3 is 18.1 Å². The third kappa shape index (κ3) is 15.9. The number of carbonyl (C=O) groups is 7. The van der Waals surface area contributed by atoms with Crippen LogP contribution < -0.4 is 42.4 Å². The number of anilines is 2. The van der Waals surface area contributed by atoms with Gasteiger partial charge in [0.15, 0.2) is 5.11 Å². The molecule has 1 saturated heterocycles. The van der Waals surface area contributed by atoms with E-state index < -0.39 is 47.8 Å². The van der Waals surface area contributed by atoms with Crippen LogP contribution in [0.2, 0.25) is 0 Å². The number of hydrogen-bond donors (Lipinski definition) is 8. The molecule has 7 amide bonds. The Morgan fingerprint density at radius 1 is 0.959 bits per heavy atom. The Kier molecular flexibility index (Phi) is 17.6. The first-order chi connectivity index (χ1) is 23.4. The highest BCUT2D eigenvalue weighted by molar-refractivity contribution is 7.80. The van der Waals surface area contributed by atoms with Gasteiger partial charge in [-0.15, -0.1) is 5.06 Å². The molecule has 1 atom stereocenters. The SMILES string of the molecule is COc1cc(NC(=O)O)ccc1NC(=O)C(CCCNC(N)=O)NC(=O)CNC(=S)NCCOCCOCCC(=O)ON1C(=O)CCC1=O. The van der Waals surface area contributed by atoms with Crippen molar-refractivity contribution in [3.05, 3.63) is 18.2 Å². The van der Waals surface area contributed by atoms with Gasteiger partial charge in [-0.2, -0.15) is 0 Å². The Bertz CT molecular complexity index is 1350. The number of urea groups is 1. The largest absolute Gasteiger partial charge is 0.494 e. The Morgan fingerprint density at radius 3 is 2.31 bits per heavy atom. The second kappa shape index (κ2) is 21.6. The van der Waals surface area contributed by atoms with Crippen LogP contribution in [0.3, 0.4) is 0 Å². The maximum Gasteiger partial charge on any atom is 0.409 e. The number of methoxy groups -OCH3 is 1. The summed E-state index contributed by atoms with van der Waals surface area (Å²) in [6.45, 7) is 0.794. The summed E-state index contributed by atoms with van der Waals surface area (Å²) in [7, 11) is 1.34. The van der Waals surface area contributed by atoms with E-state index in [0.29, 0.717) is 11.5 Å². The molecular formula is C28H40N8O12S. The molecule has 2 rings (SSSR count). The van der Waals surface area contributed by atoms with Crippen LogP contribution in [0.25, 0.3) is 0 Å². The fourth-order valence-corrected chi connectivity index (χ4v) is 4.16. The van der Waals surface area contributed by atoms with Crippen molar-refractivity contribution in [1.82, 2.24) is 26.3 Å². The lowest BCUT2D eigenvalue weighted by Gasteiger charge is -2.20. The van der Waals surface area contributed by atoms with Crippen LogP contribution in [0.5, 0.6) is 5.75 Å². The van der Waals surface area contributed by atoms with Crippen LogP contribution in [0.4, 0.5) is 21.0 Å². The molecule has 1 heterocycles. The van der Waals surface area contributed by atoms with Gasteiger partial charge in [0.25, 0.3) is 11.8 Å². The summed E-state index contributed by atoms with van der Waals surface area (Å²) in [6, 6.07) is 2.46. The molecule has 1 unspecified atom stereocenters. The van der Waals surface area contributed by atoms with Crippen LogP contribution in [0.1, 0.15) is 32.1 Å². The van der Waals surface area contributed by atoms with Crippen LogP contribution in [-0.2, 0) is 38.3 Å². The molecule has 1 aliphatic rings. The Labute approximate surface area is 286 Å². The summed E-state index contributed by atoms with van der Waals surface area (Å²) in [5.74, 6) is -2.87. The molecule has 0 spiro atoms. The zero-order valence-corrected chi connectivity index (χ0v) is 27.5. The minimum Gasteiger partial charge on any atom is -0.494 e. The molecule has 0 bridgehead atoms. The van der Waals surface area contributed by atoms with Gasteiger partial charge in [0, 0.05) is 37.7 Å². The molecule has 1 aromatic rings. The van der Waals surface area contributed by atoms with Gasteiger partial charge in [0.2, 0.25) is 11.8 Å². The van der Waals surface area contributed by atoms with Gasteiger partial charge in [-0.1, -0.05) is 0 Å². The summed E-state index contributed by atoms with van der Waals surface area (Å²) in [4.78, 5) is 87.0. The molecule has 20 nitrogen and oxygen atoms in total. The monoisotopic (exact) mass is 712 g/mol. The molecule has 49 heavy (non-hydrogen) atoms. The number of nitrogens with two attached hydrogens (primary N) is 1. The van der Waals surface area contributed by atoms with Crippen LogP contribution in [-0.4, -0.2) is 116 Å². The Hall–Kier alpha value is -5.28. The van der Waals surface area contributed by atoms with E-state index in [2.05, 4.69) is 31.9 Å². The van der Waals surface area contributed by atoms with Gasteiger partial charge in [-0.3, -0.25) is 24.5 Å². The highest BCUT2D eigenvalue weighted by atomic mass is 32.1. The Balaban J connectivity index is 1.69. The summed E-state index contributed by atoms with van der Waals surface area (Å²) < 4.78 is 15.9. The molecule has 270 valence electrons. The molecule has 0 saturated carbocycles. The first-order valence-electron chi connectivity index (χ1n) is 14.9. The summed E-state index contributed by atoms with van der Waals surface area (Å²) in [5.41, 5.74) is 5.52. The molecule has 1 fully saturated rings. The molecular weight excluding hydrogens is 672 g/mol. The van der Waals surface area contributed by atoms with Crippen molar-refractivity contribution in [1.29, 1.82) is 0 Å². The molecule has 9 N–H and O–H groups in total. The molecule has 1 aliphatic heterocycles. The van der Waals surface area contributed by atoms with E-state index in [1.807, 2.05) is 0 Å². The van der Waals surface area contributed by atoms with Gasteiger partial charge in [0.05, 0.1) is 52.2 Å². The Morgan fingerprint density at radius 2 is 1.65 bits per heavy atom. The first-order valence-corrected chi connectivity index (χ1v) is 15.4. The topological polar surface area (TPSA) is 278 Å². The second-order valence-electron chi connectivity index (χ2n) is 10.0. The number of nitrogens with zero attached hydrogens (tertiary/aromatic N) is 1.